The molecular formula is C13H20N2O2. The Hall–Kier alpha value is -1.71. The van der Waals surface area contributed by atoms with Crippen LogP contribution in [0.2, 0.25) is 0 Å². The molecular weight excluding hydrogens is 216 g/mol. The molecule has 17 heavy (non-hydrogen) atoms. The van der Waals surface area contributed by atoms with Gasteiger partial charge >= 0.3 is 6.09 Å². The normalized spacial score (nSPS) is 11.1. The third kappa shape index (κ3) is 3.98. The van der Waals surface area contributed by atoms with Crippen LogP contribution in [0.25, 0.3) is 0 Å². The molecule has 0 aliphatic rings. The average Bonchev–Trinajstić information content (AvgIpc) is 2.25. The Morgan fingerprint density at radius 3 is 2.29 bits per heavy atom. The van der Waals surface area contributed by atoms with Crippen LogP contribution in [0, 0.1) is 0 Å². The molecule has 0 aromatic heterocycles. The average molecular weight is 236 g/mol. The lowest BCUT2D eigenvalue weighted by Gasteiger charge is -2.30. The van der Waals surface area contributed by atoms with Gasteiger partial charge in [0.1, 0.15) is 6.61 Å². The van der Waals surface area contributed by atoms with E-state index in [1.54, 1.807) is 24.1 Å². The van der Waals surface area contributed by atoms with Gasteiger partial charge in [-0.05, 0) is 38.5 Å². The van der Waals surface area contributed by atoms with Crippen LogP contribution in [0.4, 0.5) is 10.5 Å². The van der Waals surface area contributed by atoms with Gasteiger partial charge in [-0.15, -0.1) is 0 Å². The van der Waals surface area contributed by atoms with Gasteiger partial charge in [-0.25, -0.2) is 4.79 Å². The van der Waals surface area contributed by atoms with Gasteiger partial charge in [0.05, 0.1) is 0 Å². The van der Waals surface area contributed by atoms with E-state index in [2.05, 4.69) is 0 Å². The molecule has 0 aliphatic heterocycles. The molecule has 0 aliphatic carbocycles. The van der Waals surface area contributed by atoms with Crippen molar-refractivity contribution in [1.82, 2.24) is 4.90 Å². The summed E-state index contributed by atoms with van der Waals surface area (Å²) < 4.78 is 5.20. The van der Waals surface area contributed by atoms with Crippen LogP contribution in [-0.4, -0.2) is 23.6 Å². The largest absolute Gasteiger partial charge is 0.445 e. The second-order valence-corrected chi connectivity index (χ2v) is 5.03. The molecule has 0 spiro atoms. The summed E-state index contributed by atoms with van der Waals surface area (Å²) in [4.78, 5) is 13.3. The maximum atomic E-state index is 11.7. The fourth-order valence-corrected chi connectivity index (χ4v) is 1.13. The van der Waals surface area contributed by atoms with Crippen molar-refractivity contribution in [3.63, 3.8) is 0 Å². The van der Waals surface area contributed by atoms with Crippen LogP contribution in [0.15, 0.2) is 24.3 Å². The van der Waals surface area contributed by atoms with E-state index in [0.29, 0.717) is 5.69 Å². The second kappa shape index (κ2) is 5.08. The maximum Gasteiger partial charge on any atom is 0.410 e. The highest BCUT2D eigenvalue weighted by Crippen LogP contribution is 2.13. The van der Waals surface area contributed by atoms with Crippen molar-refractivity contribution in [2.45, 2.75) is 32.9 Å². The third-order valence-electron chi connectivity index (χ3n) is 2.62. The molecule has 0 saturated heterocycles. The molecule has 1 aromatic carbocycles. The Morgan fingerprint density at radius 1 is 1.29 bits per heavy atom. The number of amides is 1. The molecule has 1 rings (SSSR count). The number of hydrogen-bond donors (Lipinski definition) is 1. The smallest absolute Gasteiger partial charge is 0.410 e. The predicted molar refractivity (Wildman–Crippen MR) is 68.6 cm³/mol. The molecule has 94 valence electrons. The Balaban J connectivity index is 2.51. The molecule has 4 nitrogen and oxygen atoms in total. The Labute approximate surface area is 102 Å². The fraction of sp³-hybridized carbons (Fsp3) is 0.462. The molecule has 0 atom stereocenters. The summed E-state index contributed by atoms with van der Waals surface area (Å²) in [6.07, 6.45) is -0.325. The standard InChI is InChI=1S/C13H20N2O2/c1-13(2,3)15(4)12(16)17-9-10-5-7-11(14)8-6-10/h5-8H,9,14H2,1-4H3. The first-order chi connectivity index (χ1) is 7.80. The first kappa shape index (κ1) is 13.4. The number of rotatable bonds is 2. The zero-order valence-corrected chi connectivity index (χ0v) is 10.9. The highest BCUT2D eigenvalue weighted by molar-refractivity contribution is 5.68. The van der Waals surface area contributed by atoms with Crippen molar-refractivity contribution in [2.24, 2.45) is 0 Å². The van der Waals surface area contributed by atoms with Gasteiger partial charge in [0.2, 0.25) is 0 Å². The number of nitrogen functional groups attached to an aromatic ring is 1. The highest BCUT2D eigenvalue weighted by Gasteiger charge is 2.23. The molecule has 4 heteroatoms. The van der Waals surface area contributed by atoms with Crippen LogP contribution in [-0.2, 0) is 11.3 Å². The van der Waals surface area contributed by atoms with E-state index in [9.17, 15) is 4.79 Å². The lowest BCUT2D eigenvalue weighted by molar-refractivity contribution is 0.0759. The lowest BCUT2D eigenvalue weighted by atomic mass is 10.1. The molecule has 1 aromatic rings. The minimum absolute atomic E-state index is 0.238. The van der Waals surface area contributed by atoms with Crippen molar-refractivity contribution in [1.29, 1.82) is 0 Å². The summed E-state index contributed by atoms with van der Waals surface area (Å²) in [5.74, 6) is 0. The van der Waals surface area contributed by atoms with Gasteiger partial charge in [-0.3, -0.25) is 0 Å². The SMILES string of the molecule is CN(C(=O)OCc1ccc(N)cc1)C(C)(C)C. The molecule has 0 radical (unpaired) electrons. The van der Waals surface area contributed by atoms with Gasteiger partial charge in [0.15, 0.2) is 0 Å². The number of carbonyl (C=O) groups excluding carboxylic acids is 1. The summed E-state index contributed by atoms with van der Waals surface area (Å²) in [6, 6.07) is 7.27. The van der Waals surface area contributed by atoms with Crippen molar-refractivity contribution in [2.75, 3.05) is 12.8 Å². The first-order valence-electron chi connectivity index (χ1n) is 5.55. The van der Waals surface area contributed by atoms with E-state index < -0.39 is 0 Å². The van der Waals surface area contributed by atoms with Crippen molar-refractivity contribution < 1.29 is 9.53 Å². The number of nitrogens with zero attached hydrogens (tertiary/aromatic N) is 1. The molecule has 2 N–H and O–H groups in total. The van der Waals surface area contributed by atoms with Gasteiger partial charge in [0.25, 0.3) is 0 Å². The maximum absolute atomic E-state index is 11.7. The number of nitrogens with two attached hydrogens (primary N) is 1. The third-order valence-corrected chi connectivity index (χ3v) is 2.62. The van der Waals surface area contributed by atoms with E-state index >= 15 is 0 Å². The lowest BCUT2D eigenvalue weighted by Crippen LogP contribution is -2.42. The monoisotopic (exact) mass is 236 g/mol. The quantitative estimate of drug-likeness (QED) is 0.803. The highest BCUT2D eigenvalue weighted by atomic mass is 16.6. The van der Waals surface area contributed by atoms with Gasteiger partial charge in [-0.1, -0.05) is 12.1 Å². The molecule has 0 saturated carbocycles. The molecule has 0 fully saturated rings. The summed E-state index contributed by atoms with van der Waals surface area (Å²) in [5, 5.41) is 0. The molecule has 0 bridgehead atoms. The minimum Gasteiger partial charge on any atom is -0.445 e. The summed E-state index contributed by atoms with van der Waals surface area (Å²) in [5.41, 5.74) is 6.96. The van der Waals surface area contributed by atoms with Crippen LogP contribution in [0.1, 0.15) is 26.3 Å². The van der Waals surface area contributed by atoms with E-state index in [1.165, 1.54) is 0 Å². The zero-order chi connectivity index (χ0) is 13.1. The van der Waals surface area contributed by atoms with Crippen LogP contribution < -0.4 is 5.73 Å². The molecule has 1 amide bonds. The zero-order valence-electron chi connectivity index (χ0n) is 10.9. The number of benzene rings is 1. The van der Waals surface area contributed by atoms with Gasteiger partial charge in [0, 0.05) is 18.3 Å². The number of hydrogen-bond acceptors (Lipinski definition) is 3. The van der Waals surface area contributed by atoms with Gasteiger partial charge < -0.3 is 15.4 Å². The molecule has 0 heterocycles. The summed E-state index contributed by atoms with van der Waals surface area (Å²) in [7, 11) is 1.73. The van der Waals surface area contributed by atoms with E-state index in [-0.39, 0.29) is 18.2 Å². The van der Waals surface area contributed by atoms with Crippen molar-refractivity contribution in [3.8, 4) is 0 Å². The number of ether oxygens (including phenoxy) is 1. The Morgan fingerprint density at radius 2 is 1.82 bits per heavy atom. The number of carbonyl (C=O) groups is 1. The fourth-order valence-electron chi connectivity index (χ4n) is 1.13. The van der Waals surface area contributed by atoms with E-state index in [1.807, 2.05) is 32.9 Å². The summed E-state index contributed by atoms with van der Waals surface area (Å²) >= 11 is 0. The predicted octanol–water partition coefficient (Wildman–Crippen LogP) is 2.64. The van der Waals surface area contributed by atoms with Gasteiger partial charge in [-0.2, -0.15) is 0 Å². The molecule has 0 unspecified atom stereocenters. The Kier molecular flexibility index (Phi) is 3.99. The Bertz CT molecular complexity index is 379. The topological polar surface area (TPSA) is 55.6 Å². The summed E-state index contributed by atoms with van der Waals surface area (Å²) in [6.45, 7) is 6.13. The van der Waals surface area contributed by atoms with Crippen LogP contribution in [0.5, 0.6) is 0 Å². The second-order valence-electron chi connectivity index (χ2n) is 5.03. The van der Waals surface area contributed by atoms with E-state index in [0.717, 1.165) is 5.56 Å². The first-order valence-corrected chi connectivity index (χ1v) is 5.55. The van der Waals surface area contributed by atoms with Crippen LogP contribution >= 0.6 is 0 Å². The van der Waals surface area contributed by atoms with E-state index in [4.69, 9.17) is 10.5 Å². The van der Waals surface area contributed by atoms with Crippen molar-refractivity contribution >= 4 is 11.8 Å². The van der Waals surface area contributed by atoms with Crippen molar-refractivity contribution in [3.05, 3.63) is 29.8 Å². The van der Waals surface area contributed by atoms with Crippen LogP contribution in [0.3, 0.4) is 0 Å². The minimum atomic E-state index is -0.325. The number of anilines is 1.